The molecule has 1 aliphatic rings. The van der Waals surface area contributed by atoms with Crippen molar-refractivity contribution < 1.29 is 8.78 Å². The van der Waals surface area contributed by atoms with E-state index in [2.05, 4.69) is 26.7 Å². The van der Waals surface area contributed by atoms with Gasteiger partial charge in [0.1, 0.15) is 11.6 Å². The molecule has 1 unspecified atom stereocenters. The number of hydrogen-bond donors (Lipinski definition) is 2. The molecular formula is C21H27F2N5. The maximum absolute atomic E-state index is 14.0. The third kappa shape index (κ3) is 5.41. The van der Waals surface area contributed by atoms with Gasteiger partial charge < -0.3 is 15.5 Å². The molecule has 0 bridgehead atoms. The number of nitrogens with zero attached hydrogens (tertiary/aromatic N) is 3. The SMILES string of the molecule is CCNC(=NCCc1ccc(C)nc1)NC1CCN(c2ccc(F)cc2F)C1. The van der Waals surface area contributed by atoms with Crippen molar-refractivity contribution in [1.82, 2.24) is 15.6 Å². The summed E-state index contributed by atoms with van der Waals surface area (Å²) in [5.41, 5.74) is 2.61. The Hall–Kier alpha value is -2.70. The van der Waals surface area contributed by atoms with Gasteiger partial charge in [0.05, 0.1) is 5.69 Å². The number of aliphatic imine (C=N–C) groups is 1. The zero-order valence-electron chi connectivity index (χ0n) is 16.4. The van der Waals surface area contributed by atoms with Crippen LogP contribution in [0, 0.1) is 18.6 Å². The Morgan fingerprint density at radius 3 is 2.86 bits per heavy atom. The quantitative estimate of drug-likeness (QED) is 0.591. The van der Waals surface area contributed by atoms with Gasteiger partial charge in [-0.15, -0.1) is 0 Å². The van der Waals surface area contributed by atoms with Crippen LogP contribution in [-0.2, 0) is 6.42 Å². The molecule has 1 fully saturated rings. The Balaban J connectivity index is 1.55. The lowest BCUT2D eigenvalue weighted by Crippen LogP contribution is -2.44. The molecule has 2 N–H and O–H groups in total. The number of aromatic nitrogens is 1. The Kier molecular flexibility index (Phi) is 6.79. The molecule has 0 saturated carbocycles. The second-order valence-corrected chi connectivity index (χ2v) is 6.99. The van der Waals surface area contributed by atoms with E-state index in [9.17, 15) is 8.78 Å². The topological polar surface area (TPSA) is 52.6 Å². The number of benzene rings is 1. The van der Waals surface area contributed by atoms with Gasteiger partial charge in [-0.05, 0) is 50.5 Å². The van der Waals surface area contributed by atoms with Gasteiger partial charge in [0.25, 0.3) is 0 Å². The van der Waals surface area contributed by atoms with Gasteiger partial charge in [-0.2, -0.15) is 0 Å². The molecule has 28 heavy (non-hydrogen) atoms. The molecule has 3 rings (SSSR count). The first kappa shape index (κ1) is 20.0. The molecule has 150 valence electrons. The number of pyridine rings is 1. The van der Waals surface area contributed by atoms with Gasteiger partial charge >= 0.3 is 0 Å². The maximum Gasteiger partial charge on any atom is 0.191 e. The lowest BCUT2D eigenvalue weighted by Gasteiger charge is -2.21. The number of rotatable bonds is 6. The van der Waals surface area contributed by atoms with Crippen molar-refractivity contribution in [2.75, 3.05) is 31.1 Å². The number of guanidine groups is 1. The van der Waals surface area contributed by atoms with Crippen molar-refractivity contribution in [3.05, 3.63) is 59.4 Å². The molecule has 0 spiro atoms. The molecule has 1 atom stereocenters. The van der Waals surface area contributed by atoms with Crippen molar-refractivity contribution in [2.24, 2.45) is 4.99 Å². The fourth-order valence-corrected chi connectivity index (χ4v) is 3.29. The van der Waals surface area contributed by atoms with Crippen LogP contribution in [-0.4, -0.2) is 43.2 Å². The van der Waals surface area contributed by atoms with E-state index in [0.717, 1.165) is 42.7 Å². The lowest BCUT2D eigenvalue weighted by atomic mass is 10.2. The van der Waals surface area contributed by atoms with E-state index in [0.29, 0.717) is 25.3 Å². The Morgan fingerprint density at radius 2 is 2.14 bits per heavy atom. The fourth-order valence-electron chi connectivity index (χ4n) is 3.29. The molecule has 1 saturated heterocycles. The molecule has 0 amide bonds. The highest BCUT2D eigenvalue weighted by molar-refractivity contribution is 5.80. The molecule has 1 aliphatic heterocycles. The highest BCUT2D eigenvalue weighted by Crippen LogP contribution is 2.24. The summed E-state index contributed by atoms with van der Waals surface area (Å²) in [6, 6.07) is 7.96. The average Bonchev–Trinajstić information content (AvgIpc) is 3.11. The molecule has 0 radical (unpaired) electrons. The number of nitrogens with one attached hydrogen (secondary N) is 2. The van der Waals surface area contributed by atoms with E-state index in [1.165, 1.54) is 12.1 Å². The summed E-state index contributed by atoms with van der Waals surface area (Å²) < 4.78 is 27.2. The summed E-state index contributed by atoms with van der Waals surface area (Å²) in [4.78, 5) is 10.9. The second kappa shape index (κ2) is 9.48. The van der Waals surface area contributed by atoms with E-state index in [1.807, 2.05) is 31.0 Å². The first-order chi connectivity index (χ1) is 13.5. The van der Waals surface area contributed by atoms with Crippen LogP contribution in [0.3, 0.4) is 0 Å². The van der Waals surface area contributed by atoms with Crippen LogP contribution in [0.4, 0.5) is 14.5 Å². The van der Waals surface area contributed by atoms with Crippen LogP contribution >= 0.6 is 0 Å². The third-order valence-corrected chi connectivity index (χ3v) is 4.77. The minimum atomic E-state index is -0.555. The Bertz CT molecular complexity index is 807. The van der Waals surface area contributed by atoms with Crippen LogP contribution in [0.2, 0.25) is 0 Å². The number of halogens is 2. The zero-order chi connectivity index (χ0) is 19.9. The second-order valence-electron chi connectivity index (χ2n) is 6.99. The van der Waals surface area contributed by atoms with Gasteiger partial charge in [-0.3, -0.25) is 9.98 Å². The highest BCUT2D eigenvalue weighted by atomic mass is 19.1. The van der Waals surface area contributed by atoms with E-state index in [-0.39, 0.29) is 6.04 Å². The highest BCUT2D eigenvalue weighted by Gasteiger charge is 2.25. The van der Waals surface area contributed by atoms with Crippen molar-refractivity contribution >= 4 is 11.6 Å². The Morgan fingerprint density at radius 1 is 1.29 bits per heavy atom. The summed E-state index contributed by atoms with van der Waals surface area (Å²) in [7, 11) is 0. The number of hydrogen-bond acceptors (Lipinski definition) is 3. The normalized spacial score (nSPS) is 17.1. The number of anilines is 1. The van der Waals surface area contributed by atoms with Gasteiger partial charge in [0.15, 0.2) is 5.96 Å². The van der Waals surface area contributed by atoms with Gasteiger partial charge in [0, 0.05) is 50.2 Å². The van der Waals surface area contributed by atoms with Gasteiger partial charge in [-0.25, -0.2) is 8.78 Å². The summed E-state index contributed by atoms with van der Waals surface area (Å²) in [6.45, 7) is 6.78. The van der Waals surface area contributed by atoms with Crippen LogP contribution in [0.15, 0.2) is 41.5 Å². The van der Waals surface area contributed by atoms with Crippen LogP contribution in [0.1, 0.15) is 24.6 Å². The predicted molar refractivity (Wildman–Crippen MR) is 109 cm³/mol. The molecule has 2 aromatic rings. The lowest BCUT2D eigenvalue weighted by molar-refractivity contribution is 0.580. The summed E-state index contributed by atoms with van der Waals surface area (Å²) >= 11 is 0. The van der Waals surface area contributed by atoms with Crippen molar-refractivity contribution in [3.8, 4) is 0 Å². The van der Waals surface area contributed by atoms with Crippen LogP contribution in [0.25, 0.3) is 0 Å². The summed E-state index contributed by atoms with van der Waals surface area (Å²) in [5.74, 6) is -0.317. The summed E-state index contributed by atoms with van der Waals surface area (Å²) in [5, 5.41) is 6.69. The number of aryl methyl sites for hydroxylation is 1. The van der Waals surface area contributed by atoms with Crippen molar-refractivity contribution in [1.29, 1.82) is 0 Å². The van der Waals surface area contributed by atoms with E-state index in [1.54, 1.807) is 0 Å². The molecule has 5 nitrogen and oxygen atoms in total. The van der Waals surface area contributed by atoms with E-state index in [4.69, 9.17) is 0 Å². The molecule has 0 aliphatic carbocycles. The molecule has 1 aromatic heterocycles. The predicted octanol–water partition coefficient (Wildman–Crippen LogP) is 3.04. The average molecular weight is 387 g/mol. The van der Waals surface area contributed by atoms with E-state index < -0.39 is 11.6 Å². The largest absolute Gasteiger partial charge is 0.367 e. The smallest absolute Gasteiger partial charge is 0.191 e. The third-order valence-electron chi connectivity index (χ3n) is 4.77. The van der Waals surface area contributed by atoms with Crippen LogP contribution < -0.4 is 15.5 Å². The standard InChI is InChI=1S/C21H27F2N5/c1-3-24-21(25-10-8-16-5-4-15(2)26-13-16)27-18-9-11-28(14-18)20-7-6-17(22)12-19(20)23/h4-7,12-13,18H,3,8-11,14H2,1-2H3,(H2,24,25,27). The molecule has 2 heterocycles. The van der Waals surface area contributed by atoms with Crippen molar-refractivity contribution in [3.63, 3.8) is 0 Å². The Labute approximate surface area is 164 Å². The summed E-state index contributed by atoms with van der Waals surface area (Å²) in [6.07, 6.45) is 3.57. The zero-order valence-corrected chi connectivity index (χ0v) is 16.4. The maximum atomic E-state index is 14.0. The van der Waals surface area contributed by atoms with Gasteiger partial charge in [-0.1, -0.05) is 6.07 Å². The van der Waals surface area contributed by atoms with Crippen LogP contribution in [0.5, 0.6) is 0 Å². The fraction of sp³-hybridized carbons (Fsp3) is 0.429. The monoisotopic (exact) mass is 387 g/mol. The van der Waals surface area contributed by atoms with Gasteiger partial charge in [0.2, 0.25) is 0 Å². The van der Waals surface area contributed by atoms with Crippen molar-refractivity contribution in [2.45, 2.75) is 32.7 Å². The first-order valence-electron chi connectivity index (χ1n) is 9.71. The molecular weight excluding hydrogens is 360 g/mol. The first-order valence-corrected chi connectivity index (χ1v) is 9.71. The molecule has 7 heteroatoms. The minimum absolute atomic E-state index is 0.156. The molecule has 1 aromatic carbocycles. The minimum Gasteiger partial charge on any atom is -0.367 e. The van der Waals surface area contributed by atoms with E-state index >= 15 is 0 Å².